The summed E-state index contributed by atoms with van der Waals surface area (Å²) < 4.78 is 0. The molecule has 1 atom stereocenters. The molecule has 1 rings (SSSR count). The van der Waals surface area contributed by atoms with E-state index in [0.29, 0.717) is 12.0 Å². The van der Waals surface area contributed by atoms with Crippen LogP contribution < -0.4 is 10.6 Å². The van der Waals surface area contributed by atoms with E-state index in [4.69, 9.17) is 0 Å². The summed E-state index contributed by atoms with van der Waals surface area (Å²) in [6.07, 6.45) is 1.29. The van der Waals surface area contributed by atoms with Crippen molar-refractivity contribution in [2.24, 2.45) is 11.3 Å². The van der Waals surface area contributed by atoms with E-state index in [2.05, 4.69) is 24.5 Å². The molecule has 1 aliphatic rings. The van der Waals surface area contributed by atoms with Crippen LogP contribution in [0.25, 0.3) is 0 Å². The van der Waals surface area contributed by atoms with Crippen LogP contribution in [0.5, 0.6) is 0 Å². The first-order valence-corrected chi connectivity index (χ1v) is 5.03. The predicted octanol–water partition coefficient (Wildman–Crippen LogP) is 0.758. The molecule has 0 saturated heterocycles. The average molecular weight is 184 g/mol. The number of nitrogens with one attached hydrogen (secondary N) is 2. The molecule has 0 aromatic carbocycles. The van der Waals surface area contributed by atoms with Gasteiger partial charge in [-0.25, -0.2) is 0 Å². The van der Waals surface area contributed by atoms with E-state index < -0.39 is 0 Å². The van der Waals surface area contributed by atoms with Crippen molar-refractivity contribution in [2.45, 2.75) is 27.2 Å². The summed E-state index contributed by atoms with van der Waals surface area (Å²) >= 11 is 0. The fourth-order valence-corrected chi connectivity index (χ4v) is 1.54. The van der Waals surface area contributed by atoms with Crippen molar-refractivity contribution in [1.82, 2.24) is 10.6 Å². The summed E-state index contributed by atoms with van der Waals surface area (Å²) in [6.45, 7) is 8.62. The van der Waals surface area contributed by atoms with E-state index in [1.807, 2.05) is 6.92 Å². The zero-order valence-corrected chi connectivity index (χ0v) is 8.81. The summed E-state index contributed by atoms with van der Waals surface area (Å²) in [5.41, 5.74) is 0.508. The molecule has 1 amide bonds. The van der Waals surface area contributed by atoms with Gasteiger partial charge >= 0.3 is 0 Å². The minimum atomic E-state index is 0.0981. The van der Waals surface area contributed by atoms with Crippen molar-refractivity contribution in [1.29, 1.82) is 0 Å². The maximum atomic E-state index is 11.0. The van der Waals surface area contributed by atoms with Crippen molar-refractivity contribution in [3.05, 3.63) is 0 Å². The Bertz CT molecular complexity index is 189. The predicted molar refractivity (Wildman–Crippen MR) is 53.4 cm³/mol. The summed E-state index contributed by atoms with van der Waals surface area (Å²) in [5, 5.41) is 5.93. The third-order valence-corrected chi connectivity index (χ3v) is 2.77. The van der Waals surface area contributed by atoms with Gasteiger partial charge in [0.15, 0.2) is 0 Å². The Kier molecular flexibility index (Phi) is 3.31. The summed E-state index contributed by atoms with van der Waals surface area (Å²) in [4.78, 5) is 11.0. The first kappa shape index (κ1) is 10.5. The number of carbonyl (C=O) groups excluding carboxylic acids is 1. The highest BCUT2D eigenvalue weighted by Gasteiger charge is 2.44. The molecule has 2 N–H and O–H groups in total. The minimum absolute atomic E-state index is 0.0981. The third kappa shape index (κ3) is 3.35. The molecular formula is C10H20N2O. The first-order valence-electron chi connectivity index (χ1n) is 5.03. The van der Waals surface area contributed by atoms with Crippen LogP contribution in [0.3, 0.4) is 0 Å². The Morgan fingerprint density at radius 2 is 2.15 bits per heavy atom. The summed E-state index contributed by atoms with van der Waals surface area (Å²) in [7, 11) is 0. The Balaban J connectivity index is 1.99. The fourth-order valence-electron chi connectivity index (χ4n) is 1.54. The number of hydrogen-bond donors (Lipinski definition) is 2. The molecule has 0 spiro atoms. The smallest absolute Gasteiger partial charge is 0.233 e. The molecule has 0 heterocycles. The van der Waals surface area contributed by atoms with Crippen LogP contribution in [0.1, 0.15) is 27.2 Å². The van der Waals surface area contributed by atoms with Crippen LogP contribution in [0.4, 0.5) is 0 Å². The fraction of sp³-hybridized carbons (Fsp3) is 0.900. The van der Waals surface area contributed by atoms with Gasteiger partial charge in [0.1, 0.15) is 0 Å². The highest BCUT2D eigenvalue weighted by molar-refractivity contribution is 5.77. The number of carbonyl (C=O) groups is 1. The van der Waals surface area contributed by atoms with Crippen LogP contribution in [-0.2, 0) is 4.79 Å². The molecule has 0 aromatic rings. The molecule has 1 unspecified atom stereocenters. The summed E-state index contributed by atoms with van der Waals surface area (Å²) in [5.74, 6) is 0.864. The Hall–Kier alpha value is -0.570. The van der Waals surface area contributed by atoms with E-state index in [9.17, 15) is 4.79 Å². The van der Waals surface area contributed by atoms with Gasteiger partial charge in [-0.15, -0.1) is 0 Å². The maximum absolute atomic E-state index is 11.0. The first-order chi connectivity index (χ1) is 6.06. The lowest BCUT2D eigenvalue weighted by Crippen LogP contribution is -2.34. The largest absolute Gasteiger partial charge is 0.355 e. The van der Waals surface area contributed by atoms with Crippen LogP contribution in [0.15, 0.2) is 0 Å². The van der Waals surface area contributed by atoms with Crippen LogP contribution >= 0.6 is 0 Å². The molecular weight excluding hydrogens is 164 g/mol. The number of hydrogen-bond acceptors (Lipinski definition) is 2. The second-order valence-electron chi connectivity index (χ2n) is 4.47. The highest BCUT2D eigenvalue weighted by atomic mass is 16.1. The van der Waals surface area contributed by atoms with E-state index in [1.165, 1.54) is 6.42 Å². The van der Waals surface area contributed by atoms with Gasteiger partial charge in [0.05, 0.1) is 6.54 Å². The molecule has 1 aliphatic carbocycles. The minimum Gasteiger partial charge on any atom is -0.355 e. The van der Waals surface area contributed by atoms with E-state index in [0.717, 1.165) is 19.0 Å². The normalized spacial score (nSPS) is 24.1. The van der Waals surface area contributed by atoms with Crippen molar-refractivity contribution in [2.75, 3.05) is 19.6 Å². The zero-order chi connectivity index (χ0) is 9.90. The lowest BCUT2D eigenvalue weighted by molar-refractivity contribution is -0.120. The second-order valence-corrected chi connectivity index (χ2v) is 4.47. The molecule has 3 nitrogen and oxygen atoms in total. The van der Waals surface area contributed by atoms with Gasteiger partial charge in [0.25, 0.3) is 0 Å². The van der Waals surface area contributed by atoms with Crippen LogP contribution in [0, 0.1) is 11.3 Å². The van der Waals surface area contributed by atoms with Crippen LogP contribution in [-0.4, -0.2) is 25.5 Å². The standard InChI is InChI=1S/C10H20N2O/c1-4-12-9(13)7-11-6-8-5-10(8,2)3/h8,11H,4-7H2,1-3H3,(H,12,13). The van der Waals surface area contributed by atoms with E-state index >= 15 is 0 Å². The van der Waals surface area contributed by atoms with Crippen molar-refractivity contribution in [3.63, 3.8) is 0 Å². The number of amides is 1. The lowest BCUT2D eigenvalue weighted by Gasteiger charge is -2.05. The van der Waals surface area contributed by atoms with Gasteiger partial charge in [-0.2, -0.15) is 0 Å². The highest BCUT2D eigenvalue weighted by Crippen LogP contribution is 2.50. The molecule has 1 fully saturated rings. The van der Waals surface area contributed by atoms with Gasteiger partial charge < -0.3 is 10.6 Å². The Labute approximate surface area is 80.3 Å². The molecule has 0 bridgehead atoms. The Morgan fingerprint density at radius 3 is 2.62 bits per heavy atom. The third-order valence-electron chi connectivity index (χ3n) is 2.77. The number of likely N-dealkylation sites (N-methyl/N-ethyl adjacent to an activating group) is 1. The quantitative estimate of drug-likeness (QED) is 0.662. The van der Waals surface area contributed by atoms with Gasteiger partial charge in [-0.05, 0) is 31.2 Å². The van der Waals surface area contributed by atoms with Gasteiger partial charge in [0, 0.05) is 6.54 Å². The van der Waals surface area contributed by atoms with Crippen molar-refractivity contribution >= 4 is 5.91 Å². The average Bonchev–Trinajstić information content (AvgIpc) is 2.59. The lowest BCUT2D eigenvalue weighted by atomic mass is 10.1. The van der Waals surface area contributed by atoms with Crippen molar-refractivity contribution in [3.8, 4) is 0 Å². The molecule has 76 valence electrons. The molecule has 0 aliphatic heterocycles. The van der Waals surface area contributed by atoms with E-state index in [1.54, 1.807) is 0 Å². The molecule has 13 heavy (non-hydrogen) atoms. The van der Waals surface area contributed by atoms with Crippen molar-refractivity contribution < 1.29 is 4.79 Å². The second kappa shape index (κ2) is 4.09. The van der Waals surface area contributed by atoms with Gasteiger partial charge in [-0.1, -0.05) is 13.8 Å². The Morgan fingerprint density at radius 1 is 1.54 bits per heavy atom. The monoisotopic (exact) mass is 184 g/mol. The summed E-state index contributed by atoms with van der Waals surface area (Å²) in [6, 6.07) is 0. The number of rotatable bonds is 5. The molecule has 0 aromatic heterocycles. The van der Waals surface area contributed by atoms with Gasteiger partial charge in [-0.3, -0.25) is 4.79 Å². The SMILES string of the molecule is CCNC(=O)CNCC1CC1(C)C. The zero-order valence-electron chi connectivity index (χ0n) is 8.81. The van der Waals surface area contributed by atoms with E-state index in [-0.39, 0.29) is 5.91 Å². The van der Waals surface area contributed by atoms with Gasteiger partial charge in [0.2, 0.25) is 5.91 Å². The topological polar surface area (TPSA) is 41.1 Å². The molecule has 3 heteroatoms. The maximum Gasteiger partial charge on any atom is 0.233 e. The van der Waals surface area contributed by atoms with Crippen LogP contribution in [0.2, 0.25) is 0 Å². The molecule has 1 saturated carbocycles. The molecule has 0 radical (unpaired) electrons.